The van der Waals surface area contributed by atoms with Crippen LogP contribution < -0.4 is 5.32 Å². The zero-order chi connectivity index (χ0) is 15.5. The van der Waals surface area contributed by atoms with Crippen molar-refractivity contribution in [2.75, 3.05) is 5.32 Å². The smallest absolute Gasteiger partial charge is 0.256 e. The van der Waals surface area contributed by atoms with E-state index in [0.717, 1.165) is 16.9 Å². The minimum absolute atomic E-state index is 0.207. The Morgan fingerprint density at radius 1 is 1.14 bits per heavy atom. The van der Waals surface area contributed by atoms with E-state index in [4.69, 9.17) is 0 Å². The van der Waals surface area contributed by atoms with E-state index in [9.17, 15) is 4.79 Å². The van der Waals surface area contributed by atoms with E-state index in [1.54, 1.807) is 29.1 Å². The second kappa shape index (κ2) is 5.77. The molecule has 0 aliphatic carbocycles. The summed E-state index contributed by atoms with van der Waals surface area (Å²) in [6.07, 6.45) is 5.14. The maximum absolute atomic E-state index is 12.2. The van der Waals surface area contributed by atoms with Gasteiger partial charge in [-0.25, -0.2) is 14.6 Å². The number of anilines is 1. The lowest BCUT2D eigenvalue weighted by Crippen LogP contribution is -2.13. The van der Waals surface area contributed by atoms with Crippen LogP contribution in [0.5, 0.6) is 0 Å². The molecular formula is C16H15N5O. The van der Waals surface area contributed by atoms with Gasteiger partial charge in [-0.2, -0.15) is 5.10 Å². The van der Waals surface area contributed by atoms with Gasteiger partial charge in [0.05, 0.1) is 11.9 Å². The molecule has 3 aromatic rings. The monoisotopic (exact) mass is 293 g/mol. The van der Waals surface area contributed by atoms with Gasteiger partial charge in [-0.3, -0.25) is 4.79 Å². The number of hydrogen-bond acceptors (Lipinski definition) is 4. The molecule has 0 fully saturated rings. The fourth-order valence-corrected chi connectivity index (χ4v) is 2.03. The van der Waals surface area contributed by atoms with Crippen LogP contribution in [0.4, 0.5) is 5.82 Å². The van der Waals surface area contributed by atoms with E-state index in [2.05, 4.69) is 20.4 Å². The fourth-order valence-electron chi connectivity index (χ4n) is 2.03. The van der Waals surface area contributed by atoms with Crippen LogP contribution in [0.2, 0.25) is 0 Å². The number of aryl methyl sites for hydroxylation is 2. The van der Waals surface area contributed by atoms with E-state index in [-0.39, 0.29) is 5.91 Å². The molecular weight excluding hydrogens is 278 g/mol. The van der Waals surface area contributed by atoms with Crippen molar-refractivity contribution in [1.82, 2.24) is 19.7 Å². The van der Waals surface area contributed by atoms with Crippen molar-refractivity contribution in [1.29, 1.82) is 0 Å². The highest BCUT2D eigenvalue weighted by atomic mass is 16.1. The molecule has 3 rings (SSSR count). The van der Waals surface area contributed by atoms with Crippen LogP contribution >= 0.6 is 0 Å². The number of hydrogen-bond donors (Lipinski definition) is 1. The number of nitrogens with one attached hydrogen (secondary N) is 1. The second-order valence-electron chi connectivity index (χ2n) is 5.01. The fraction of sp³-hybridized carbons (Fsp3) is 0.125. The average molecular weight is 293 g/mol. The van der Waals surface area contributed by atoms with Gasteiger partial charge in [-0.05, 0) is 43.7 Å². The molecule has 1 N–H and O–H groups in total. The quantitative estimate of drug-likeness (QED) is 0.805. The minimum atomic E-state index is -0.207. The van der Waals surface area contributed by atoms with E-state index in [0.29, 0.717) is 11.4 Å². The number of rotatable bonds is 3. The number of aromatic nitrogens is 4. The molecule has 6 nitrogen and oxygen atoms in total. The van der Waals surface area contributed by atoms with Gasteiger partial charge >= 0.3 is 0 Å². The van der Waals surface area contributed by atoms with E-state index < -0.39 is 0 Å². The van der Waals surface area contributed by atoms with E-state index in [1.807, 2.05) is 32.2 Å². The maximum atomic E-state index is 12.2. The highest BCUT2D eigenvalue weighted by Gasteiger charge is 2.07. The van der Waals surface area contributed by atoms with Crippen molar-refractivity contribution in [3.8, 4) is 5.69 Å². The predicted molar refractivity (Wildman–Crippen MR) is 83.0 cm³/mol. The topological polar surface area (TPSA) is 72.7 Å². The van der Waals surface area contributed by atoms with Crippen molar-refractivity contribution in [3.63, 3.8) is 0 Å². The van der Waals surface area contributed by atoms with Gasteiger partial charge in [0.25, 0.3) is 5.91 Å². The largest absolute Gasteiger partial charge is 0.306 e. The summed E-state index contributed by atoms with van der Waals surface area (Å²) in [5.74, 6) is 0.283. The van der Waals surface area contributed by atoms with Gasteiger partial charge in [0.2, 0.25) is 0 Å². The lowest BCUT2D eigenvalue weighted by molar-refractivity contribution is 0.102. The number of benzene rings is 1. The molecule has 0 saturated carbocycles. The summed E-state index contributed by atoms with van der Waals surface area (Å²) in [4.78, 5) is 20.2. The van der Waals surface area contributed by atoms with Crippen LogP contribution in [-0.2, 0) is 0 Å². The summed E-state index contributed by atoms with van der Waals surface area (Å²) in [7, 11) is 0. The number of nitrogens with zero attached hydrogens (tertiary/aromatic N) is 4. The summed E-state index contributed by atoms with van der Waals surface area (Å²) in [6.45, 7) is 3.83. The normalized spacial score (nSPS) is 10.5. The Morgan fingerprint density at radius 2 is 1.91 bits per heavy atom. The van der Waals surface area contributed by atoms with Gasteiger partial charge < -0.3 is 5.32 Å². The zero-order valence-electron chi connectivity index (χ0n) is 12.3. The highest BCUT2D eigenvalue weighted by Crippen LogP contribution is 2.12. The van der Waals surface area contributed by atoms with Crippen molar-refractivity contribution >= 4 is 11.7 Å². The maximum Gasteiger partial charge on any atom is 0.256 e. The third-order valence-electron chi connectivity index (χ3n) is 3.15. The molecule has 0 spiro atoms. The molecule has 6 heteroatoms. The molecule has 1 aromatic carbocycles. The van der Waals surface area contributed by atoms with Gasteiger partial charge in [-0.15, -0.1) is 0 Å². The number of carbonyl (C=O) groups is 1. The van der Waals surface area contributed by atoms with Crippen LogP contribution in [0.1, 0.15) is 21.6 Å². The van der Waals surface area contributed by atoms with Crippen molar-refractivity contribution in [2.45, 2.75) is 13.8 Å². The number of amides is 1. The lowest BCUT2D eigenvalue weighted by Gasteiger charge is -2.06. The van der Waals surface area contributed by atoms with Crippen LogP contribution in [0.25, 0.3) is 5.69 Å². The van der Waals surface area contributed by atoms with Crippen LogP contribution in [-0.4, -0.2) is 25.7 Å². The third kappa shape index (κ3) is 3.01. The first kappa shape index (κ1) is 13.9. The molecule has 0 radical (unpaired) electrons. The Balaban J connectivity index is 1.76. The van der Waals surface area contributed by atoms with Gasteiger partial charge in [0.1, 0.15) is 12.1 Å². The highest BCUT2D eigenvalue weighted by molar-refractivity contribution is 6.03. The molecule has 2 heterocycles. The van der Waals surface area contributed by atoms with Gasteiger partial charge in [-0.1, -0.05) is 0 Å². The minimum Gasteiger partial charge on any atom is -0.306 e. The molecule has 2 aromatic heterocycles. The third-order valence-corrected chi connectivity index (χ3v) is 3.15. The Labute approximate surface area is 127 Å². The van der Waals surface area contributed by atoms with E-state index >= 15 is 0 Å². The molecule has 0 aliphatic heterocycles. The SMILES string of the molecule is Cc1cnn(-c2ccc(C(=O)Nc3cc(C)ncn3)cc2)c1. The Hall–Kier alpha value is -3.02. The van der Waals surface area contributed by atoms with Gasteiger partial charge in [0, 0.05) is 23.5 Å². The molecule has 0 aliphatic rings. The van der Waals surface area contributed by atoms with Crippen LogP contribution in [0.3, 0.4) is 0 Å². The molecule has 0 saturated heterocycles. The zero-order valence-corrected chi connectivity index (χ0v) is 12.3. The van der Waals surface area contributed by atoms with E-state index in [1.165, 1.54) is 6.33 Å². The summed E-state index contributed by atoms with van der Waals surface area (Å²) < 4.78 is 1.77. The Kier molecular flexibility index (Phi) is 3.65. The lowest BCUT2D eigenvalue weighted by atomic mass is 10.2. The number of carbonyl (C=O) groups excluding carboxylic acids is 1. The van der Waals surface area contributed by atoms with Crippen molar-refractivity contribution in [3.05, 3.63) is 65.9 Å². The molecule has 1 amide bonds. The van der Waals surface area contributed by atoms with Crippen LogP contribution in [0, 0.1) is 13.8 Å². The molecule has 110 valence electrons. The summed E-state index contributed by atoms with van der Waals surface area (Å²) in [5, 5.41) is 6.99. The summed E-state index contributed by atoms with van der Waals surface area (Å²) in [6, 6.07) is 8.95. The van der Waals surface area contributed by atoms with Crippen molar-refractivity contribution < 1.29 is 4.79 Å². The molecule has 0 bridgehead atoms. The Morgan fingerprint density at radius 3 is 2.55 bits per heavy atom. The van der Waals surface area contributed by atoms with Crippen molar-refractivity contribution in [2.24, 2.45) is 0 Å². The first-order valence-corrected chi connectivity index (χ1v) is 6.83. The molecule has 0 atom stereocenters. The van der Waals surface area contributed by atoms with Crippen LogP contribution in [0.15, 0.2) is 49.1 Å². The summed E-state index contributed by atoms with van der Waals surface area (Å²) in [5.41, 5.74) is 3.35. The average Bonchev–Trinajstić information content (AvgIpc) is 2.94. The predicted octanol–water partition coefficient (Wildman–Crippen LogP) is 2.53. The first-order chi connectivity index (χ1) is 10.6. The standard InChI is InChI=1S/C16H15N5O/c1-11-8-19-21(9-11)14-5-3-13(4-6-14)16(22)20-15-7-12(2)17-10-18-15/h3-10H,1-2H3,(H,17,18,20,22). The first-order valence-electron chi connectivity index (χ1n) is 6.83. The van der Waals surface area contributed by atoms with Gasteiger partial charge in [0.15, 0.2) is 0 Å². The second-order valence-corrected chi connectivity index (χ2v) is 5.01. The molecule has 22 heavy (non-hydrogen) atoms. The molecule has 0 unspecified atom stereocenters. The Bertz CT molecular complexity index is 807. The summed E-state index contributed by atoms with van der Waals surface area (Å²) >= 11 is 0.